The Labute approximate surface area is 83.0 Å². The molecule has 0 amide bonds. The quantitative estimate of drug-likeness (QED) is 0.783. The lowest BCUT2D eigenvalue weighted by molar-refractivity contribution is 0.0699. The molecule has 15 heavy (non-hydrogen) atoms. The van der Waals surface area contributed by atoms with Crippen LogP contribution in [-0.4, -0.2) is 16.1 Å². The molecular weight excluding hydrogens is 204 g/mol. The molecule has 0 bridgehead atoms. The summed E-state index contributed by atoms with van der Waals surface area (Å²) in [5.74, 6) is -3.33. The lowest BCUT2D eigenvalue weighted by Crippen LogP contribution is -1.99. The highest BCUT2D eigenvalue weighted by molar-refractivity contribution is 6.02. The van der Waals surface area contributed by atoms with Gasteiger partial charge in [0.25, 0.3) is 0 Å². The molecule has 0 aliphatic rings. The zero-order valence-corrected chi connectivity index (χ0v) is 7.37. The number of hydrogen-bond acceptors (Lipinski definition) is 2. The minimum atomic E-state index is -1.20. The lowest BCUT2D eigenvalue weighted by Gasteiger charge is -2.01. The maximum absolute atomic E-state index is 12.9. The van der Waals surface area contributed by atoms with Crippen LogP contribution in [0, 0.1) is 11.6 Å². The molecule has 5 heteroatoms. The molecule has 0 fully saturated rings. The van der Waals surface area contributed by atoms with E-state index in [1.165, 1.54) is 12.3 Å². The van der Waals surface area contributed by atoms with E-state index >= 15 is 0 Å². The molecule has 0 saturated heterocycles. The second-order valence-electron chi connectivity index (χ2n) is 2.95. The molecule has 0 saturated carbocycles. The minimum absolute atomic E-state index is 0.0869. The van der Waals surface area contributed by atoms with Crippen molar-refractivity contribution in [2.45, 2.75) is 0 Å². The number of carboxylic acid groups (broad SMARTS) is 1. The molecule has 0 aliphatic carbocycles. The molecule has 0 atom stereocenters. The highest BCUT2D eigenvalue weighted by atomic mass is 19.2. The first kappa shape index (κ1) is 9.51. The molecule has 2 aromatic rings. The van der Waals surface area contributed by atoms with E-state index in [1.807, 2.05) is 0 Å². The molecule has 2 rings (SSSR count). The Bertz CT molecular complexity index is 554. The number of carbonyl (C=O) groups is 1. The Kier molecular flexibility index (Phi) is 2.07. The van der Waals surface area contributed by atoms with Crippen LogP contribution < -0.4 is 0 Å². The summed E-state index contributed by atoms with van der Waals surface area (Å²) < 4.78 is 25.7. The van der Waals surface area contributed by atoms with Crippen molar-refractivity contribution in [2.24, 2.45) is 0 Å². The third kappa shape index (κ3) is 1.52. The zero-order chi connectivity index (χ0) is 11.0. The highest BCUT2D eigenvalue weighted by Crippen LogP contribution is 2.20. The van der Waals surface area contributed by atoms with Gasteiger partial charge in [0.1, 0.15) is 0 Å². The van der Waals surface area contributed by atoms with E-state index in [-0.39, 0.29) is 16.5 Å². The van der Waals surface area contributed by atoms with Crippen molar-refractivity contribution in [2.75, 3.05) is 0 Å². The summed E-state index contributed by atoms with van der Waals surface area (Å²) in [7, 11) is 0. The van der Waals surface area contributed by atoms with Gasteiger partial charge in [-0.1, -0.05) is 0 Å². The van der Waals surface area contributed by atoms with Crippen molar-refractivity contribution >= 4 is 16.9 Å². The van der Waals surface area contributed by atoms with Gasteiger partial charge in [-0.2, -0.15) is 0 Å². The van der Waals surface area contributed by atoms with Gasteiger partial charge in [-0.25, -0.2) is 13.6 Å². The van der Waals surface area contributed by atoms with E-state index in [2.05, 4.69) is 4.98 Å². The average molecular weight is 209 g/mol. The van der Waals surface area contributed by atoms with E-state index in [4.69, 9.17) is 5.11 Å². The Hall–Kier alpha value is -2.04. The number of carboxylic acids is 1. The molecule has 0 spiro atoms. The van der Waals surface area contributed by atoms with E-state index < -0.39 is 17.6 Å². The summed E-state index contributed by atoms with van der Waals surface area (Å²) in [6.07, 6.45) is 1.24. The van der Waals surface area contributed by atoms with Gasteiger partial charge in [0.05, 0.1) is 11.1 Å². The Morgan fingerprint density at radius 3 is 2.60 bits per heavy atom. The number of aromatic carboxylic acids is 1. The number of aromatic nitrogens is 1. The summed E-state index contributed by atoms with van der Waals surface area (Å²) in [6, 6.07) is 2.94. The third-order valence-corrected chi connectivity index (χ3v) is 2.01. The third-order valence-electron chi connectivity index (χ3n) is 2.01. The highest BCUT2D eigenvalue weighted by Gasteiger charge is 2.12. The molecule has 1 heterocycles. The van der Waals surface area contributed by atoms with Crippen LogP contribution in [0.5, 0.6) is 0 Å². The fraction of sp³-hybridized carbons (Fsp3) is 0. The number of benzene rings is 1. The largest absolute Gasteiger partial charge is 0.478 e. The molecule has 1 N–H and O–H groups in total. The van der Waals surface area contributed by atoms with Gasteiger partial charge >= 0.3 is 5.97 Å². The van der Waals surface area contributed by atoms with E-state index in [0.717, 1.165) is 12.1 Å². The Morgan fingerprint density at radius 1 is 1.27 bits per heavy atom. The van der Waals surface area contributed by atoms with Crippen LogP contribution in [0.4, 0.5) is 8.78 Å². The van der Waals surface area contributed by atoms with Crippen molar-refractivity contribution in [3.63, 3.8) is 0 Å². The number of halogens is 2. The molecule has 76 valence electrons. The SMILES string of the molecule is O=C(O)c1ccnc2cc(F)c(F)cc12. The number of pyridine rings is 1. The summed E-state index contributed by atoms with van der Waals surface area (Å²) in [5, 5.41) is 8.89. The fourth-order valence-corrected chi connectivity index (χ4v) is 1.33. The minimum Gasteiger partial charge on any atom is -0.478 e. The van der Waals surface area contributed by atoms with Gasteiger partial charge in [-0.3, -0.25) is 4.98 Å². The summed E-state index contributed by atoms with van der Waals surface area (Å²) in [4.78, 5) is 14.5. The van der Waals surface area contributed by atoms with Crippen molar-refractivity contribution in [3.8, 4) is 0 Å². The summed E-state index contributed by atoms with van der Waals surface area (Å²) >= 11 is 0. The standard InChI is InChI=1S/C10H5F2NO2/c11-7-3-6-5(10(14)15)1-2-13-9(6)4-8(7)12/h1-4H,(H,14,15). The smallest absolute Gasteiger partial charge is 0.336 e. The number of hydrogen-bond donors (Lipinski definition) is 1. The zero-order valence-electron chi connectivity index (χ0n) is 7.37. The van der Waals surface area contributed by atoms with Gasteiger partial charge < -0.3 is 5.11 Å². The molecular formula is C10H5F2NO2. The predicted molar refractivity (Wildman–Crippen MR) is 48.6 cm³/mol. The van der Waals surface area contributed by atoms with Gasteiger partial charge in [0.2, 0.25) is 0 Å². The van der Waals surface area contributed by atoms with Crippen LogP contribution in [0.15, 0.2) is 24.4 Å². The Morgan fingerprint density at radius 2 is 1.93 bits per heavy atom. The van der Waals surface area contributed by atoms with Crippen molar-refractivity contribution < 1.29 is 18.7 Å². The second kappa shape index (κ2) is 3.27. The van der Waals surface area contributed by atoms with E-state index in [0.29, 0.717) is 0 Å². The maximum atomic E-state index is 12.9. The first-order valence-electron chi connectivity index (χ1n) is 4.06. The summed E-state index contributed by atoms with van der Waals surface area (Å²) in [5.41, 5.74) is 0.0210. The van der Waals surface area contributed by atoms with Crippen LogP contribution in [0.1, 0.15) is 10.4 Å². The maximum Gasteiger partial charge on any atom is 0.336 e. The van der Waals surface area contributed by atoms with Crippen molar-refractivity contribution in [3.05, 3.63) is 41.6 Å². The molecule has 0 aliphatic heterocycles. The molecule has 0 radical (unpaired) electrons. The van der Waals surface area contributed by atoms with Gasteiger partial charge in [0.15, 0.2) is 11.6 Å². The van der Waals surface area contributed by atoms with Crippen LogP contribution >= 0.6 is 0 Å². The molecule has 1 aromatic heterocycles. The summed E-state index contributed by atoms with van der Waals surface area (Å²) in [6.45, 7) is 0. The first-order valence-corrected chi connectivity index (χ1v) is 4.06. The molecule has 0 unspecified atom stereocenters. The van der Waals surface area contributed by atoms with Crippen molar-refractivity contribution in [1.82, 2.24) is 4.98 Å². The number of fused-ring (bicyclic) bond motifs is 1. The monoisotopic (exact) mass is 209 g/mol. The topological polar surface area (TPSA) is 50.2 Å². The van der Waals surface area contributed by atoms with Gasteiger partial charge in [-0.05, 0) is 12.1 Å². The van der Waals surface area contributed by atoms with Gasteiger partial charge in [-0.15, -0.1) is 0 Å². The van der Waals surface area contributed by atoms with Gasteiger partial charge in [0, 0.05) is 17.6 Å². The van der Waals surface area contributed by atoms with Crippen LogP contribution in [0.25, 0.3) is 10.9 Å². The molecule has 1 aromatic carbocycles. The first-order chi connectivity index (χ1) is 7.09. The Balaban J connectivity index is 2.86. The normalized spacial score (nSPS) is 10.5. The van der Waals surface area contributed by atoms with E-state index in [1.54, 1.807) is 0 Å². The van der Waals surface area contributed by atoms with Crippen LogP contribution in [0.2, 0.25) is 0 Å². The van der Waals surface area contributed by atoms with Crippen LogP contribution in [0.3, 0.4) is 0 Å². The van der Waals surface area contributed by atoms with Crippen molar-refractivity contribution in [1.29, 1.82) is 0 Å². The average Bonchev–Trinajstić information content (AvgIpc) is 2.18. The second-order valence-corrected chi connectivity index (χ2v) is 2.95. The molecule has 3 nitrogen and oxygen atoms in total. The fourth-order valence-electron chi connectivity index (χ4n) is 1.33. The lowest BCUT2D eigenvalue weighted by atomic mass is 10.1. The number of nitrogens with zero attached hydrogens (tertiary/aromatic N) is 1. The van der Waals surface area contributed by atoms with E-state index in [9.17, 15) is 13.6 Å². The van der Waals surface area contributed by atoms with Crippen LogP contribution in [-0.2, 0) is 0 Å². The predicted octanol–water partition coefficient (Wildman–Crippen LogP) is 2.21. The number of rotatable bonds is 1.